The Hall–Kier alpha value is -1.56. The van der Waals surface area contributed by atoms with Crippen LogP contribution in [-0.2, 0) is 11.2 Å². The van der Waals surface area contributed by atoms with Gasteiger partial charge in [-0.3, -0.25) is 4.79 Å². The average molecular weight is 269 g/mol. The van der Waals surface area contributed by atoms with Gasteiger partial charge in [0.15, 0.2) is 5.84 Å². The largest absolute Gasteiger partial charge is 0.409 e. The molecule has 1 rings (SSSR count). The molecule has 1 amide bonds. The van der Waals surface area contributed by atoms with Gasteiger partial charge in [-0.2, -0.15) is 0 Å². The third kappa shape index (κ3) is 4.03. The topological polar surface area (TPSA) is 87.7 Å². The molecule has 5 nitrogen and oxygen atoms in total. The Morgan fingerprint density at radius 3 is 2.89 bits per heavy atom. The Kier molecular flexibility index (Phi) is 5.64. The van der Waals surface area contributed by atoms with Crippen LogP contribution in [0, 0.1) is 5.92 Å². The van der Waals surface area contributed by atoms with Gasteiger partial charge in [-0.15, -0.1) is 11.3 Å². The summed E-state index contributed by atoms with van der Waals surface area (Å²) in [5, 5.41) is 16.4. The van der Waals surface area contributed by atoms with Gasteiger partial charge in [0.25, 0.3) is 0 Å². The number of carbonyl (C=O) groups is 1. The Labute approximate surface area is 111 Å². The molecule has 0 bridgehead atoms. The maximum atomic E-state index is 11.9. The lowest BCUT2D eigenvalue weighted by Gasteiger charge is -2.18. The number of thiophene rings is 1. The molecule has 0 aliphatic carbocycles. The van der Waals surface area contributed by atoms with Gasteiger partial charge in [-0.05, 0) is 24.8 Å². The van der Waals surface area contributed by atoms with Crippen molar-refractivity contribution in [1.29, 1.82) is 0 Å². The third-order valence-electron chi connectivity index (χ3n) is 2.67. The molecule has 6 heteroatoms. The quantitative estimate of drug-likeness (QED) is 0.317. The van der Waals surface area contributed by atoms with E-state index in [0.29, 0.717) is 6.42 Å². The standard InChI is InChI=1S/C12H19N3O2S/c1-3-10(11(13)15-17)12(16)14-8(2)7-9-5-4-6-18-9/h4-6,8,10,17H,3,7H2,1-2H3,(H2,13,15)(H,14,16). The second kappa shape index (κ2) is 7.00. The monoisotopic (exact) mass is 269 g/mol. The first-order valence-electron chi connectivity index (χ1n) is 5.88. The Balaban J connectivity index is 2.52. The zero-order valence-electron chi connectivity index (χ0n) is 10.6. The molecule has 0 saturated carbocycles. The summed E-state index contributed by atoms with van der Waals surface area (Å²) < 4.78 is 0. The van der Waals surface area contributed by atoms with Crippen LogP contribution in [0.5, 0.6) is 0 Å². The lowest BCUT2D eigenvalue weighted by atomic mass is 10.0. The summed E-state index contributed by atoms with van der Waals surface area (Å²) in [5.74, 6) is -0.809. The molecular formula is C12H19N3O2S. The Morgan fingerprint density at radius 1 is 1.67 bits per heavy atom. The van der Waals surface area contributed by atoms with Crippen LogP contribution in [0.15, 0.2) is 22.7 Å². The maximum Gasteiger partial charge on any atom is 0.231 e. The molecule has 1 aromatic rings. The van der Waals surface area contributed by atoms with E-state index >= 15 is 0 Å². The van der Waals surface area contributed by atoms with Crippen LogP contribution in [0.3, 0.4) is 0 Å². The fourth-order valence-corrected chi connectivity index (χ4v) is 2.56. The Morgan fingerprint density at radius 2 is 2.39 bits per heavy atom. The number of rotatable bonds is 6. The molecule has 1 heterocycles. The maximum absolute atomic E-state index is 11.9. The van der Waals surface area contributed by atoms with Crippen molar-refractivity contribution >= 4 is 23.1 Å². The van der Waals surface area contributed by atoms with Crippen LogP contribution in [0.4, 0.5) is 0 Å². The van der Waals surface area contributed by atoms with Gasteiger partial charge < -0.3 is 16.3 Å². The highest BCUT2D eigenvalue weighted by molar-refractivity contribution is 7.09. The number of nitrogens with one attached hydrogen (secondary N) is 1. The first-order valence-corrected chi connectivity index (χ1v) is 6.76. The molecule has 2 unspecified atom stereocenters. The molecule has 0 aliphatic rings. The van der Waals surface area contributed by atoms with Gasteiger partial charge in [0.05, 0.1) is 5.92 Å². The van der Waals surface area contributed by atoms with E-state index in [9.17, 15) is 4.79 Å². The van der Waals surface area contributed by atoms with Crippen molar-refractivity contribution in [2.45, 2.75) is 32.7 Å². The van der Waals surface area contributed by atoms with Crippen molar-refractivity contribution in [3.63, 3.8) is 0 Å². The van der Waals surface area contributed by atoms with E-state index < -0.39 is 5.92 Å². The molecule has 100 valence electrons. The van der Waals surface area contributed by atoms with Crippen LogP contribution in [0.25, 0.3) is 0 Å². The number of nitrogens with zero attached hydrogens (tertiary/aromatic N) is 1. The number of amides is 1. The number of hydrogen-bond donors (Lipinski definition) is 3. The summed E-state index contributed by atoms with van der Waals surface area (Å²) in [6, 6.07) is 4.05. The van der Waals surface area contributed by atoms with E-state index in [1.807, 2.05) is 31.4 Å². The molecule has 0 radical (unpaired) electrons. The van der Waals surface area contributed by atoms with Crippen LogP contribution >= 0.6 is 11.3 Å². The second-order valence-corrected chi connectivity index (χ2v) is 5.21. The van der Waals surface area contributed by atoms with Crippen molar-refractivity contribution < 1.29 is 10.0 Å². The first-order chi connectivity index (χ1) is 8.58. The van der Waals surface area contributed by atoms with E-state index in [-0.39, 0.29) is 17.8 Å². The highest BCUT2D eigenvalue weighted by Crippen LogP contribution is 2.11. The normalized spacial score (nSPS) is 15.1. The molecular weight excluding hydrogens is 250 g/mol. The van der Waals surface area contributed by atoms with Crippen molar-refractivity contribution in [2.24, 2.45) is 16.8 Å². The van der Waals surface area contributed by atoms with Crippen molar-refractivity contribution in [3.8, 4) is 0 Å². The number of nitrogens with two attached hydrogens (primary N) is 1. The minimum atomic E-state index is -0.569. The highest BCUT2D eigenvalue weighted by atomic mass is 32.1. The summed E-state index contributed by atoms with van der Waals surface area (Å²) in [7, 11) is 0. The van der Waals surface area contributed by atoms with Gasteiger partial charge >= 0.3 is 0 Å². The van der Waals surface area contributed by atoms with Gasteiger partial charge in [0.1, 0.15) is 0 Å². The van der Waals surface area contributed by atoms with Crippen LogP contribution in [0.2, 0.25) is 0 Å². The molecule has 0 fully saturated rings. The predicted molar refractivity (Wildman–Crippen MR) is 72.8 cm³/mol. The van der Waals surface area contributed by atoms with Gasteiger partial charge in [-0.25, -0.2) is 0 Å². The van der Waals surface area contributed by atoms with Gasteiger partial charge in [0, 0.05) is 17.3 Å². The predicted octanol–water partition coefficient (Wildman–Crippen LogP) is 1.57. The van der Waals surface area contributed by atoms with E-state index in [2.05, 4.69) is 10.5 Å². The summed E-state index contributed by atoms with van der Waals surface area (Å²) in [4.78, 5) is 13.2. The SMILES string of the molecule is CCC(C(=O)NC(C)Cc1cccs1)C(N)=NO. The summed E-state index contributed by atoms with van der Waals surface area (Å²) in [6.45, 7) is 3.77. The Bertz CT molecular complexity index is 403. The summed E-state index contributed by atoms with van der Waals surface area (Å²) >= 11 is 1.66. The molecule has 18 heavy (non-hydrogen) atoms. The minimum absolute atomic E-state index is 0.0247. The van der Waals surface area contributed by atoms with Crippen molar-refractivity contribution in [3.05, 3.63) is 22.4 Å². The molecule has 0 saturated heterocycles. The van der Waals surface area contributed by atoms with E-state index in [4.69, 9.17) is 10.9 Å². The average Bonchev–Trinajstić information content (AvgIpc) is 2.82. The molecule has 0 aliphatic heterocycles. The summed E-state index contributed by atoms with van der Waals surface area (Å²) in [6.07, 6.45) is 1.30. The number of oxime groups is 1. The zero-order chi connectivity index (χ0) is 13.5. The molecule has 1 aromatic heterocycles. The van der Waals surface area contributed by atoms with E-state index in [1.54, 1.807) is 11.3 Å². The van der Waals surface area contributed by atoms with E-state index in [0.717, 1.165) is 6.42 Å². The lowest BCUT2D eigenvalue weighted by Crippen LogP contribution is -2.43. The third-order valence-corrected chi connectivity index (χ3v) is 3.57. The first kappa shape index (κ1) is 14.5. The fraction of sp³-hybridized carbons (Fsp3) is 0.500. The number of hydrogen-bond acceptors (Lipinski definition) is 4. The van der Waals surface area contributed by atoms with E-state index in [1.165, 1.54) is 4.88 Å². The highest BCUT2D eigenvalue weighted by Gasteiger charge is 2.22. The van der Waals surface area contributed by atoms with Crippen molar-refractivity contribution in [2.75, 3.05) is 0 Å². The molecule has 2 atom stereocenters. The van der Waals surface area contributed by atoms with Crippen LogP contribution in [-0.4, -0.2) is 23.0 Å². The second-order valence-electron chi connectivity index (χ2n) is 4.18. The smallest absolute Gasteiger partial charge is 0.231 e. The van der Waals surface area contributed by atoms with Crippen molar-refractivity contribution in [1.82, 2.24) is 5.32 Å². The molecule has 0 spiro atoms. The molecule has 4 N–H and O–H groups in total. The van der Waals surface area contributed by atoms with Gasteiger partial charge in [0.2, 0.25) is 5.91 Å². The fourth-order valence-electron chi connectivity index (χ4n) is 1.72. The molecule has 0 aromatic carbocycles. The van der Waals surface area contributed by atoms with Crippen LogP contribution < -0.4 is 11.1 Å². The minimum Gasteiger partial charge on any atom is -0.409 e. The van der Waals surface area contributed by atoms with Crippen LogP contribution in [0.1, 0.15) is 25.1 Å². The number of amidine groups is 1. The van der Waals surface area contributed by atoms with Gasteiger partial charge in [-0.1, -0.05) is 18.1 Å². The number of carbonyl (C=O) groups excluding carboxylic acids is 1. The summed E-state index contributed by atoms with van der Waals surface area (Å²) in [5.41, 5.74) is 5.48. The lowest BCUT2D eigenvalue weighted by molar-refractivity contribution is -0.123. The zero-order valence-corrected chi connectivity index (χ0v) is 11.4.